The molecular formula is C12H17ClN3O4Pt-. The molecule has 0 aliphatic carbocycles. The van der Waals surface area contributed by atoms with Gasteiger partial charge in [-0.05, 0) is 11.6 Å². The maximum absolute atomic E-state index is 10.9. The molecule has 122 valence electrons. The van der Waals surface area contributed by atoms with E-state index < -0.39 is 17.4 Å². The van der Waals surface area contributed by atoms with Crippen LogP contribution in [0.4, 0.5) is 0 Å². The van der Waals surface area contributed by atoms with Crippen molar-refractivity contribution in [2.24, 2.45) is 5.41 Å². The minimum absolute atomic E-state index is 0. The number of carbonyl (C=O) groups is 2. The number of carbonyl (C=O) groups excluding carboxylic acids is 1. The van der Waals surface area contributed by atoms with Gasteiger partial charge in [-0.3, -0.25) is 9.69 Å². The van der Waals surface area contributed by atoms with Crippen molar-refractivity contribution in [3.8, 4) is 0 Å². The van der Waals surface area contributed by atoms with Gasteiger partial charge in [0.2, 0.25) is 0 Å². The van der Waals surface area contributed by atoms with Crippen molar-refractivity contribution in [2.45, 2.75) is 6.54 Å². The van der Waals surface area contributed by atoms with E-state index >= 15 is 0 Å². The van der Waals surface area contributed by atoms with Gasteiger partial charge in [0.15, 0.2) is 0 Å². The average molecular weight is 498 g/mol. The Morgan fingerprint density at radius 2 is 1.81 bits per heavy atom. The topological polar surface area (TPSA) is 151 Å². The number of aliphatic carboxylic acids is 2. The summed E-state index contributed by atoms with van der Waals surface area (Å²) in [5, 5.41) is 20.4. The molecule has 1 aliphatic heterocycles. The van der Waals surface area contributed by atoms with Gasteiger partial charge in [-0.15, -0.1) is 0 Å². The van der Waals surface area contributed by atoms with Crippen molar-refractivity contribution in [3.05, 3.63) is 34.9 Å². The smallest absolute Gasteiger partial charge is 0.318 e. The van der Waals surface area contributed by atoms with Crippen molar-refractivity contribution < 1.29 is 40.9 Å². The Balaban J connectivity index is 0. The summed E-state index contributed by atoms with van der Waals surface area (Å²) in [6, 6.07) is 7.18. The molecule has 2 rings (SSSR count). The standard InChI is InChI=1S/C12H12ClNO4.2H3N.Pt/c13-9-4-2-1-3-8(9)5-14-6-12(7-14,10(15)16)11(17)18;;;/h1-4H,5-7H2,(H,15,16)(H,17,18);2*1H3;/p-1. The van der Waals surface area contributed by atoms with Crippen LogP contribution in [0.15, 0.2) is 24.3 Å². The number of hydrogen-bond acceptors (Lipinski definition) is 6. The number of benzene rings is 1. The molecule has 0 spiro atoms. The van der Waals surface area contributed by atoms with Crippen LogP contribution in [0.5, 0.6) is 0 Å². The third-order valence-corrected chi connectivity index (χ3v) is 3.51. The monoisotopic (exact) mass is 497 g/mol. The van der Waals surface area contributed by atoms with Crippen LogP contribution >= 0.6 is 11.6 Å². The molecule has 1 fully saturated rings. The zero-order valence-electron chi connectivity index (χ0n) is 11.2. The van der Waals surface area contributed by atoms with Gasteiger partial charge >= 0.3 is 5.97 Å². The third kappa shape index (κ3) is 4.25. The van der Waals surface area contributed by atoms with Crippen molar-refractivity contribution in [2.75, 3.05) is 13.1 Å². The van der Waals surface area contributed by atoms with Gasteiger partial charge in [0.25, 0.3) is 0 Å². The molecule has 0 saturated carbocycles. The summed E-state index contributed by atoms with van der Waals surface area (Å²) in [5.74, 6) is -2.89. The fourth-order valence-corrected chi connectivity index (χ4v) is 2.24. The van der Waals surface area contributed by atoms with Crippen LogP contribution < -0.4 is 17.4 Å². The largest absolute Gasteiger partial charge is 0.549 e. The number of carboxylic acid groups (broad SMARTS) is 2. The SMILES string of the molecule is N.N.O=C([O-])C1(C(=O)O)CN(Cc2ccccc2Cl)C1.[Pt]. The Kier molecular flexibility index (Phi) is 8.98. The zero-order valence-corrected chi connectivity index (χ0v) is 14.2. The Hall–Kier alpha value is -0.982. The van der Waals surface area contributed by atoms with E-state index in [0.717, 1.165) is 5.56 Å². The summed E-state index contributed by atoms with van der Waals surface area (Å²) in [6.07, 6.45) is 0. The fraction of sp³-hybridized carbons (Fsp3) is 0.333. The molecule has 0 unspecified atom stereocenters. The van der Waals surface area contributed by atoms with Crippen LogP contribution in [0.25, 0.3) is 0 Å². The maximum Gasteiger partial charge on any atom is 0.318 e. The zero-order chi connectivity index (χ0) is 13.3. The molecule has 1 saturated heterocycles. The van der Waals surface area contributed by atoms with E-state index in [0.29, 0.717) is 11.6 Å². The van der Waals surface area contributed by atoms with E-state index in [1.807, 2.05) is 12.1 Å². The second-order valence-electron chi connectivity index (χ2n) is 4.41. The number of nitrogens with zero attached hydrogens (tertiary/aromatic N) is 1. The van der Waals surface area contributed by atoms with Crippen LogP contribution in [-0.2, 0) is 37.2 Å². The molecule has 1 aromatic carbocycles. The minimum atomic E-state index is -1.78. The number of hydrogen-bond donors (Lipinski definition) is 3. The van der Waals surface area contributed by atoms with Gasteiger partial charge < -0.3 is 27.3 Å². The second-order valence-corrected chi connectivity index (χ2v) is 4.82. The van der Waals surface area contributed by atoms with Crippen molar-refractivity contribution in [1.29, 1.82) is 0 Å². The number of likely N-dealkylation sites (tertiary alicyclic amines) is 1. The van der Waals surface area contributed by atoms with Gasteiger partial charge in [-0.25, -0.2) is 0 Å². The van der Waals surface area contributed by atoms with Crippen LogP contribution in [0.3, 0.4) is 0 Å². The van der Waals surface area contributed by atoms with Crippen molar-refractivity contribution in [3.63, 3.8) is 0 Å². The van der Waals surface area contributed by atoms with Crippen molar-refractivity contribution in [1.82, 2.24) is 17.2 Å². The molecule has 0 amide bonds. The molecule has 0 aromatic heterocycles. The Morgan fingerprint density at radius 3 is 2.24 bits per heavy atom. The van der Waals surface area contributed by atoms with Gasteiger partial charge in [-0.1, -0.05) is 29.8 Å². The van der Waals surface area contributed by atoms with Gasteiger partial charge in [0.1, 0.15) is 5.41 Å². The number of carboxylic acids is 2. The minimum Gasteiger partial charge on any atom is -0.549 e. The van der Waals surface area contributed by atoms with Crippen molar-refractivity contribution >= 4 is 23.5 Å². The molecule has 7 N–H and O–H groups in total. The van der Waals surface area contributed by atoms with Gasteiger partial charge in [-0.2, -0.15) is 0 Å². The molecule has 1 heterocycles. The molecule has 9 heteroatoms. The fourth-order valence-electron chi connectivity index (χ4n) is 2.05. The molecule has 21 heavy (non-hydrogen) atoms. The summed E-state index contributed by atoms with van der Waals surface area (Å²) in [6.45, 7) is 0.313. The third-order valence-electron chi connectivity index (χ3n) is 3.14. The first-order valence-corrected chi connectivity index (χ1v) is 5.74. The average Bonchev–Trinajstić information content (AvgIpc) is 2.23. The predicted octanol–water partition coefficient (Wildman–Crippen LogP) is 0.298. The van der Waals surface area contributed by atoms with Crippen LogP contribution in [0, 0.1) is 5.41 Å². The predicted molar refractivity (Wildman–Crippen MR) is 71.8 cm³/mol. The van der Waals surface area contributed by atoms with Gasteiger partial charge in [0, 0.05) is 45.7 Å². The Labute approximate surface area is 141 Å². The Morgan fingerprint density at radius 1 is 1.29 bits per heavy atom. The number of halogens is 1. The number of rotatable bonds is 4. The molecule has 1 aromatic rings. The quantitative estimate of drug-likeness (QED) is 0.506. The first-order valence-electron chi connectivity index (χ1n) is 5.36. The van der Waals surface area contributed by atoms with E-state index in [1.165, 1.54) is 0 Å². The normalized spacial score (nSPS) is 15.5. The summed E-state index contributed by atoms with van der Waals surface area (Å²) in [5.41, 5.74) is -0.933. The molecule has 0 bridgehead atoms. The molecule has 1 aliphatic rings. The molecule has 7 nitrogen and oxygen atoms in total. The first kappa shape index (κ1) is 22.3. The van der Waals surface area contributed by atoms with E-state index in [-0.39, 0.29) is 46.5 Å². The Bertz CT molecular complexity index is 493. The summed E-state index contributed by atoms with van der Waals surface area (Å²) < 4.78 is 0. The van der Waals surface area contributed by atoms with E-state index in [9.17, 15) is 14.7 Å². The van der Waals surface area contributed by atoms with Crippen LogP contribution in [-0.4, -0.2) is 35.0 Å². The molecule has 0 atom stereocenters. The van der Waals surface area contributed by atoms with Crippen LogP contribution in [0.1, 0.15) is 5.56 Å². The van der Waals surface area contributed by atoms with Crippen LogP contribution in [0.2, 0.25) is 5.02 Å². The summed E-state index contributed by atoms with van der Waals surface area (Å²) in [7, 11) is 0. The summed E-state index contributed by atoms with van der Waals surface area (Å²) >= 11 is 5.97. The molecule has 0 radical (unpaired) electrons. The van der Waals surface area contributed by atoms with E-state index in [2.05, 4.69) is 0 Å². The second kappa shape index (κ2) is 8.46. The maximum atomic E-state index is 10.9. The van der Waals surface area contributed by atoms with Gasteiger partial charge in [0.05, 0.1) is 5.97 Å². The summed E-state index contributed by atoms with van der Waals surface area (Å²) in [4.78, 5) is 23.5. The van der Waals surface area contributed by atoms with E-state index in [4.69, 9.17) is 16.7 Å². The first-order chi connectivity index (χ1) is 8.45. The molecular weight excluding hydrogens is 481 g/mol. The van der Waals surface area contributed by atoms with E-state index in [1.54, 1.807) is 17.0 Å².